The number of para-hydroxylation sites is 1. The molecule has 0 atom stereocenters. The van der Waals surface area contributed by atoms with Gasteiger partial charge in [0.05, 0.1) is 22.7 Å². The van der Waals surface area contributed by atoms with Crippen molar-refractivity contribution in [1.82, 2.24) is 15.3 Å². The van der Waals surface area contributed by atoms with Crippen molar-refractivity contribution in [2.45, 2.75) is 33.7 Å². The van der Waals surface area contributed by atoms with Crippen LogP contribution in [0.15, 0.2) is 59.2 Å². The number of hydrogen-bond donors (Lipinski definition) is 3. The lowest BCUT2D eigenvalue weighted by molar-refractivity contribution is -0.112. The summed E-state index contributed by atoms with van der Waals surface area (Å²) in [6, 6.07) is 14.3. The van der Waals surface area contributed by atoms with Crippen LogP contribution < -0.4 is 10.6 Å². The number of benzene rings is 2. The standard InChI is InChI=1S/C24H24N6O2/c1-5-19(27-15(4)17-9-6-8-16(12-17)13-25)23(32)30-24-28-20-11-7-10-18(21(20)29-24)22(31)26-14(2)3/h5-12,14H,1-4H3,(H,26,31)(H2,28,29,30,32)/b19-5-,27-15?. The van der Waals surface area contributed by atoms with Gasteiger partial charge in [-0.3, -0.25) is 14.9 Å². The van der Waals surface area contributed by atoms with Gasteiger partial charge < -0.3 is 10.3 Å². The van der Waals surface area contributed by atoms with Gasteiger partial charge in [0.1, 0.15) is 11.2 Å². The Bertz CT molecular complexity index is 1280. The number of fused-ring (bicyclic) bond motifs is 1. The zero-order valence-electron chi connectivity index (χ0n) is 18.4. The Kier molecular flexibility index (Phi) is 6.80. The number of hydrogen-bond acceptors (Lipinski definition) is 5. The molecule has 2 amide bonds. The van der Waals surface area contributed by atoms with Crippen molar-refractivity contribution in [2.24, 2.45) is 4.99 Å². The third kappa shape index (κ3) is 5.08. The fourth-order valence-electron chi connectivity index (χ4n) is 3.09. The molecule has 8 nitrogen and oxygen atoms in total. The number of nitrogens with one attached hydrogen (secondary N) is 3. The average molecular weight is 428 g/mol. The summed E-state index contributed by atoms with van der Waals surface area (Å²) in [6.45, 7) is 7.25. The molecular weight excluding hydrogens is 404 g/mol. The molecule has 8 heteroatoms. The van der Waals surface area contributed by atoms with Gasteiger partial charge in [-0.1, -0.05) is 24.3 Å². The van der Waals surface area contributed by atoms with Crippen molar-refractivity contribution in [2.75, 3.05) is 5.32 Å². The highest BCUT2D eigenvalue weighted by Gasteiger charge is 2.16. The van der Waals surface area contributed by atoms with Crippen LogP contribution in [-0.2, 0) is 4.79 Å². The van der Waals surface area contributed by atoms with Crippen molar-refractivity contribution in [3.05, 3.63) is 70.9 Å². The molecule has 2 aromatic carbocycles. The first-order valence-electron chi connectivity index (χ1n) is 10.2. The number of H-pyrrole nitrogens is 1. The van der Waals surface area contributed by atoms with Crippen LogP contribution in [-0.4, -0.2) is 33.5 Å². The Hall–Kier alpha value is -4.25. The zero-order chi connectivity index (χ0) is 23.3. The number of nitriles is 1. The Balaban J connectivity index is 1.84. The van der Waals surface area contributed by atoms with Gasteiger partial charge in [0.25, 0.3) is 11.8 Å². The van der Waals surface area contributed by atoms with Crippen LogP contribution in [0.25, 0.3) is 11.0 Å². The minimum absolute atomic E-state index is 0.0110. The van der Waals surface area contributed by atoms with Crippen molar-refractivity contribution in [3.63, 3.8) is 0 Å². The maximum absolute atomic E-state index is 12.8. The lowest BCUT2D eigenvalue weighted by Crippen LogP contribution is -2.30. The highest BCUT2D eigenvalue weighted by molar-refractivity contribution is 6.09. The van der Waals surface area contributed by atoms with Gasteiger partial charge in [-0.2, -0.15) is 5.26 Å². The molecule has 3 aromatic rings. The van der Waals surface area contributed by atoms with E-state index in [9.17, 15) is 9.59 Å². The number of imidazole rings is 1. The maximum Gasteiger partial charge on any atom is 0.276 e. The van der Waals surface area contributed by atoms with E-state index in [4.69, 9.17) is 5.26 Å². The fourth-order valence-corrected chi connectivity index (χ4v) is 3.09. The predicted octanol–water partition coefficient (Wildman–Crippen LogP) is 3.92. The van der Waals surface area contributed by atoms with E-state index in [-0.39, 0.29) is 23.6 Å². The molecule has 0 radical (unpaired) electrons. The molecule has 0 saturated heterocycles. The van der Waals surface area contributed by atoms with E-state index in [2.05, 4.69) is 31.7 Å². The summed E-state index contributed by atoms with van der Waals surface area (Å²) in [4.78, 5) is 37.1. The molecule has 0 fully saturated rings. The van der Waals surface area contributed by atoms with Crippen molar-refractivity contribution in [3.8, 4) is 6.07 Å². The Morgan fingerprint density at radius 2 is 1.97 bits per heavy atom. The van der Waals surface area contributed by atoms with Gasteiger partial charge in [-0.05, 0) is 57.5 Å². The quantitative estimate of drug-likeness (QED) is 0.407. The second-order valence-corrected chi connectivity index (χ2v) is 7.43. The van der Waals surface area contributed by atoms with Crippen molar-refractivity contribution >= 4 is 34.5 Å². The van der Waals surface area contributed by atoms with Gasteiger partial charge in [-0.15, -0.1) is 0 Å². The van der Waals surface area contributed by atoms with Crippen LogP contribution in [0.1, 0.15) is 49.2 Å². The third-order valence-corrected chi connectivity index (χ3v) is 4.61. The number of aromatic nitrogens is 2. The monoisotopic (exact) mass is 428 g/mol. The van der Waals surface area contributed by atoms with Gasteiger partial charge in [0.2, 0.25) is 5.95 Å². The lowest BCUT2D eigenvalue weighted by Gasteiger charge is -2.08. The van der Waals surface area contributed by atoms with Gasteiger partial charge in [0.15, 0.2) is 0 Å². The molecule has 0 aliphatic carbocycles. The van der Waals surface area contributed by atoms with E-state index in [1.165, 1.54) is 0 Å². The van der Waals surface area contributed by atoms with Gasteiger partial charge in [0, 0.05) is 11.8 Å². The number of rotatable bonds is 6. The lowest BCUT2D eigenvalue weighted by atomic mass is 10.1. The molecule has 3 rings (SSSR count). The van der Waals surface area contributed by atoms with Crippen LogP contribution >= 0.6 is 0 Å². The summed E-state index contributed by atoms with van der Waals surface area (Å²) >= 11 is 0. The first kappa shape index (κ1) is 22.4. The van der Waals surface area contributed by atoms with Crippen LogP contribution in [0.3, 0.4) is 0 Å². The minimum Gasteiger partial charge on any atom is -0.350 e. The summed E-state index contributed by atoms with van der Waals surface area (Å²) in [7, 11) is 0. The van der Waals surface area contributed by atoms with Crippen molar-refractivity contribution in [1.29, 1.82) is 5.26 Å². The molecule has 162 valence electrons. The maximum atomic E-state index is 12.8. The van der Waals surface area contributed by atoms with Crippen LogP contribution in [0, 0.1) is 11.3 Å². The summed E-state index contributed by atoms with van der Waals surface area (Å²) in [5.41, 5.74) is 3.59. The van der Waals surface area contributed by atoms with Crippen LogP contribution in [0.4, 0.5) is 5.95 Å². The van der Waals surface area contributed by atoms with Gasteiger partial charge in [-0.25, -0.2) is 9.98 Å². The first-order chi connectivity index (χ1) is 15.3. The Labute approximate surface area is 186 Å². The normalized spacial score (nSPS) is 12.0. The fraction of sp³-hybridized carbons (Fsp3) is 0.208. The second-order valence-electron chi connectivity index (χ2n) is 7.43. The molecule has 0 aliphatic heterocycles. The minimum atomic E-state index is -0.449. The first-order valence-corrected chi connectivity index (χ1v) is 10.2. The largest absolute Gasteiger partial charge is 0.350 e. The smallest absolute Gasteiger partial charge is 0.276 e. The third-order valence-electron chi connectivity index (χ3n) is 4.61. The number of anilines is 1. The summed E-state index contributed by atoms with van der Waals surface area (Å²) in [5.74, 6) is -0.465. The number of allylic oxidation sites excluding steroid dienone is 1. The Morgan fingerprint density at radius 1 is 1.22 bits per heavy atom. The molecule has 0 spiro atoms. The average Bonchev–Trinajstić information content (AvgIpc) is 3.18. The summed E-state index contributed by atoms with van der Waals surface area (Å²) < 4.78 is 0. The number of aliphatic imine (C=N–C) groups is 1. The SMILES string of the molecule is C/C=C(\N=C(C)c1cccc(C#N)c1)C(=O)Nc1nc2c(C(=O)NC(C)C)cccc2[nH]1. The predicted molar refractivity (Wildman–Crippen MR) is 124 cm³/mol. The highest BCUT2D eigenvalue weighted by Crippen LogP contribution is 2.19. The van der Waals surface area contributed by atoms with E-state index in [1.54, 1.807) is 56.3 Å². The number of aromatic amines is 1. The molecular formula is C24H24N6O2. The second kappa shape index (κ2) is 9.71. The van der Waals surface area contributed by atoms with Crippen molar-refractivity contribution < 1.29 is 9.59 Å². The highest BCUT2D eigenvalue weighted by atomic mass is 16.2. The molecule has 1 aromatic heterocycles. The molecule has 32 heavy (non-hydrogen) atoms. The number of nitrogens with zero attached hydrogens (tertiary/aromatic N) is 3. The van der Waals surface area contributed by atoms with E-state index in [0.717, 1.165) is 5.56 Å². The van der Waals surface area contributed by atoms with Crippen LogP contribution in [0.5, 0.6) is 0 Å². The van der Waals surface area contributed by atoms with E-state index < -0.39 is 5.91 Å². The molecule has 0 aliphatic rings. The molecule has 0 saturated carbocycles. The zero-order valence-corrected chi connectivity index (χ0v) is 18.4. The van der Waals surface area contributed by atoms with Crippen LogP contribution in [0.2, 0.25) is 0 Å². The molecule has 3 N–H and O–H groups in total. The van der Waals surface area contributed by atoms with Gasteiger partial charge >= 0.3 is 0 Å². The molecule has 1 heterocycles. The Morgan fingerprint density at radius 3 is 2.66 bits per heavy atom. The van der Waals surface area contributed by atoms with E-state index in [0.29, 0.717) is 27.9 Å². The number of amides is 2. The topological polar surface area (TPSA) is 123 Å². The summed E-state index contributed by atoms with van der Waals surface area (Å²) in [6.07, 6.45) is 1.59. The number of carbonyl (C=O) groups is 2. The molecule has 0 unspecified atom stereocenters. The molecule has 0 bridgehead atoms. The van der Waals surface area contributed by atoms with E-state index >= 15 is 0 Å². The van der Waals surface area contributed by atoms with E-state index in [1.807, 2.05) is 19.9 Å². The summed E-state index contributed by atoms with van der Waals surface area (Å²) in [5, 5.41) is 14.6. The number of carbonyl (C=O) groups excluding carboxylic acids is 2.